The van der Waals surface area contributed by atoms with Gasteiger partial charge in [-0.1, -0.05) is 41.9 Å². The second-order valence-electron chi connectivity index (χ2n) is 5.83. The third-order valence-corrected chi connectivity index (χ3v) is 4.54. The van der Waals surface area contributed by atoms with Crippen molar-refractivity contribution < 1.29 is 4.74 Å². The topological polar surface area (TPSA) is 38.5 Å². The summed E-state index contributed by atoms with van der Waals surface area (Å²) in [6.07, 6.45) is 0. The summed E-state index contributed by atoms with van der Waals surface area (Å²) in [4.78, 5) is 2.37. The van der Waals surface area contributed by atoms with Gasteiger partial charge in [-0.2, -0.15) is 0 Å². The van der Waals surface area contributed by atoms with Crippen LogP contribution in [0.1, 0.15) is 17.0 Å². The van der Waals surface area contributed by atoms with Gasteiger partial charge in [0.1, 0.15) is 5.75 Å². The molecule has 0 aromatic heterocycles. The monoisotopic (exact) mass is 352 g/mol. The van der Waals surface area contributed by atoms with Crippen molar-refractivity contribution in [3.63, 3.8) is 0 Å². The van der Waals surface area contributed by atoms with Crippen LogP contribution in [0.2, 0.25) is 5.02 Å². The summed E-state index contributed by atoms with van der Waals surface area (Å²) in [6, 6.07) is 16.4. The number of methoxy groups -OCH3 is 1. The van der Waals surface area contributed by atoms with Gasteiger partial charge in [-0.05, 0) is 23.8 Å². The van der Waals surface area contributed by atoms with E-state index in [0.717, 1.165) is 36.0 Å². The Morgan fingerprint density at radius 2 is 1.91 bits per heavy atom. The zero-order valence-electron chi connectivity index (χ0n) is 13.1. The summed E-state index contributed by atoms with van der Waals surface area (Å²) in [5.74, 6) is 1.26. The Kier molecular flexibility index (Phi) is 6.31. The van der Waals surface area contributed by atoms with E-state index in [1.54, 1.807) is 7.11 Å². The maximum atomic E-state index is 6.36. The molecule has 5 heteroatoms. The van der Waals surface area contributed by atoms with Gasteiger partial charge in [-0.3, -0.25) is 4.90 Å². The van der Waals surface area contributed by atoms with Crippen LogP contribution in [0.3, 0.4) is 0 Å². The molecule has 2 N–H and O–H groups in total. The molecule has 0 unspecified atom stereocenters. The zero-order valence-corrected chi connectivity index (χ0v) is 14.7. The van der Waals surface area contributed by atoms with Crippen LogP contribution < -0.4 is 10.5 Å². The van der Waals surface area contributed by atoms with Crippen LogP contribution in [0.4, 0.5) is 0 Å². The Balaban J connectivity index is 0.00000192. The minimum absolute atomic E-state index is 0. The molecule has 1 fully saturated rings. The first-order valence-corrected chi connectivity index (χ1v) is 7.90. The number of nitrogens with two attached hydrogens (primary N) is 1. The summed E-state index contributed by atoms with van der Waals surface area (Å²) < 4.78 is 5.43. The van der Waals surface area contributed by atoms with Gasteiger partial charge in [0.15, 0.2) is 0 Å². The molecule has 0 saturated carbocycles. The van der Waals surface area contributed by atoms with Crippen LogP contribution in [-0.4, -0.2) is 31.1 Å². The highest BCUT2D eigenvalue weighted by Gasteiger charge is 2.31. The Bertz CT molecular complexity index is 636. The van der Waals surface area contributed by atoms with Crippen molar-refractivity contribution in [3.8, 4) is 5.75 Å². The smallest absolute Gasteiger partial charge is 0.123 e. The molecule has 2 atom stereocenters. The average molecular weight is 353 g/mol. The number of halogens is 2. The second-order valence-corrected chi connectivity index (χ2v) is 6.27. The number of rotatable bonds is 4. The quantitative estimate of drug-likeness (QED) is 0.911. The lowest BCUT2D eigenvalue weighted by molar-refractivity contribution is 0.314. The number of hydrogen-bond acceptors (Lipinski definition) is 3. The fraction of sp³-hybridized carbons (Fsp3) is 0.333. The molecule has 0 radical (unpaired) electrons. The lowest BCUT2D eigenvalue weighted by Gasteiger charge is -2.18. The van der Waals surface area contributed by atoms with Crippen LogP contribution in [0, 0.1) is 0 Å². The van der Waals surface area contributed by atoms with Crippen molar-refractivity contribution in [2.24, 2.45) is 5.73 Å². The molecule has 3 rings (SSSR count). The third kappa shape index (κ3) is 4.18. The largest absolute Gasteiger partial charge is 0.496 e. The molecule has 2 aromatic rings. The van der Waals surface area contributed by atoms with Gasteiger partial charge in [-0.25, -0.2) is 0 Å². The normalized spacial score (nSPS) is 21.0. The number of benzene rings is 2. The van der Waals surface area contributed by atoms with Gasteiger partial charge in [-0.15, -0.1) is 12.4 Å². The van der Waals surface area contributed by atoms with E-state index >= 15 is 0 Å². The predicted molar refractivity (Wildman–Crippen MR) is 97.7 cm³/mol. The SMILES string of the molecule is COc1ccc(Cl)cc1CN1C[C@@H](N)[C@H](c2ccccc2)C1.Cl. The van der Waals surface area contributed by atoms with Crippen molar-refractivity contribution in [2.45, 2.75) is 18.5 Å². The number of nitrogens with zero attached hydrogens (tertiary/aromatic N) is 1. The fourth-order valence-corrected chi connectivity index (χ4v) is 3.40. The van der Waals surface area contributed by atoms with Crippen molar-refractivity contribution in [3.05, 3.63) is 64.7 Å². The van der Waals surface area contributed by atoms with E-state index in [2.05, 4.69) is 29.2 Å². The van der Waals surface area contributed by atoms with E-state index in [0.29, 0.717) is 5.92 Å². The van der Waals surface area contributed by atoms with Crippen LogP contribution >= 0.6 is 24.0 Å². The summed E-state index contributed by atoms with van der Waals surface area (Å²) in [6.45, 7) is 2.65. The fourth-order valence-electron chi connectivity index (χ4n) is 3.21. The maximum Gasteiger partial charge on any atom is 0.123 e. The third-order valence-electron chi connectivity index (χ3n) is 4.30. The Morgan fingerprint density at radius 1 is 1.17 bits per heavy atom. The van der Waals surface area contributed by atoms with E-state index in [9.17, 15) is 0 Å². The molecule has 0 aliphatic carbocycles. The first-order chi connectivity index (χ1) is 10.7. The molecule has 1 heterocycles. The molecule has 2 aromatic carbocycles. The molecular weight excluding hydrogens is 331 g/mol. The van der Waals surface area contributed by atoms with E-state index in [-0.39, 0.29) is 18.4 Å². The highest BCUT2D eigenvalue weighted by molar-refractivity contribution is 6.30. The van der Waals surface area contributed by atoms with E-state index in [4.69, 9.17) is 22.1 Å². The second kappa shape index (κ2) is 8.02. The molecule has 0 amide bonds. The van der Waals surface area contributed by atoms with Gasteiger partial charge in [0.05, 0.1) is 7.11 Å². The summed E-state index contributed by atoms with van der Waals surface area (Å²) >= 11 is 6.11. The number of hydrogen-bond donors (Lipinski definition) is 1. The van der Waals surface area contributed by atoms with Gasteiger partial charge in [0.2, 0.25) is 0 Å². The highest BCUT2D eigenvalue weighted by Crippen LogP contribution is 2.30. The molecule has 1 aliphatic heterocycles. The van der Waals surface area contributed by atoms with Crippen LogP contribution in [0.25, 0.3) is 0 Å². The molecule has 0 spiro atoms. The van der Waals surface area contributed by atoms with Crippen LogP contribution in [0.5, 0.6) is 5.75 Å². The first-order valence-electron chi connectivity index (χ1n) is 7.52. The van der Waals surface area contributed by atoms with Gasteiger partial charge < -0.3 is 10.5 Å². The first kappa shape index (κ1) is 18.1. The van der Waals surface area contributed by atoms with Gasteiger partial charge >= 0.3 is 0 Å². The summed E-state index contributed by atoms with van der Waals surface area (Å²) in [5, 5.41) is 0.735. The van der Waals surface area contributed by atoms with Crippen molar-refractivity contribution in [2.75, 3.05) is 20.2 Å². The zero-order chi connectivity index (χ0) is 15.5. The van der Waals surface area contributed by atoms with Crippen LogP contribution in [0.15, 0.2) is 48.5 Å². The molecule has 23 heavy (non-hydrogen) atoms. The van der Waals surface area contributed by atoms with E-state index in [1.807, 2.05) is 24.3 Å². The highest BCUT2D eigenvalue weighted by atomic mass is 35.5. The van der Waals surface area contributed by atoms with E-state index in [1.165, 1.54) is 5.56 Å². The van der Waals surface area contributed by atoms with Crippen molar-refractivity contribution in [1.82, 2.24) is 4.90 Å². The van der Waals surface area contributed by atoms with E-state index < -0.39 is 0 Å². The van der Waals surface area contributed by atoms with Gasteiger partial charge in [0, 0.05) is 42.2 Å². The standard InChI is InChI=1S/C18H21ClN2O.ClH/c1-22-18-8-7-15(19)9-14(18)10-21-11-16(17(20)12-21)13-5-3-2-4-6-13;/h2-9,16-17H,10-12,20H2,1H3;1H/t16-,17+;/m0./s1. The molecular formula is C18H22Cl2N2O. The van der Waals surface area contributed by atoms with Crippen molar-refractivity contribution >= 4 is 24.0 Å². The van der Waals surface area contributed by atoms with Crippen LogP contribution in [-0.2, 0) is 6.54 Å². The predicted octanol–water partition coefficient (Wildman–Crippen LogP) is 3.70. The Hall–Kier alpha value is -1.26. The van der Waals surface area contributed by atoms with Gasteiger partial charge in [0.25, 0.3) is 0 Å². The molecule has 1 saturated heterocycles. The lowest BCUT2D eigenvalue weighted by atomic mass is 9.95. The maximum absolute atomic E-state index is 6.36. The minimum Gasteiger partial charge on any atom is -0.496 e. The number of likely N-dealkylation sites (tertiary alicyclic amines) is 1. The Morgan fingerprint density at radius 3 is 2.61 bits per heavy atom. The minimum atomic E-state index is 0. The van der Waals surface area contributed by atoms with Crippen molar-refractivity contribution in [1.29, 1.82) is 0 Å². The molecule has 0 bridgehead atoms. The average Bonchev–Trinajstić information content (AvgIpc) is 2.89. The summed E-state index contributed by atoms with van der Waals surface area (Å²) in [5.41, 5.74) is 8.78. The molecule has 3 nitrogen and oxygen atoms in total. The lowest BCUT2D eigenvalue weighted by Crippen LogP contribution is -2.28. The number of ether oxygens (including phenoxy) is 1. The molecule has 124 valence electrons. The Labute approximate surface area is 148 Å². The summed E-state index contributed by atoms with van der Waals surface area (Å²) in [7, 11) is 1.69. The molecule has 1 aliphatic rings.